The van der Waals surface area contributed by atoms with Crippen molar-refractivity contribution in [2.75, 3.05) is 18.0 Å². The van der Waals surface area contributed by atoms with Crippen LogP contribution >= 0.6 is 11.6 Å². The van der Waals surface area contributed by atoms with E-state index in [9.17, 15) is 39.5 Å². The molecule has 270 valence electrons. The molecule has 0 spiro atoms. The molecule has 17 heteroatoms. The molecule has 1 saturated heterocycles. The Labute approximate surface area is 286 Å². The largest absolute Gasteiger partial charge is 0.489 e. The summed E-state index contributed by atoms with van der Waals surface area (Å²) in [4.78, 5) is 4.34. The quantitative estimate of drug-likeness (QED) is 0.152. The maximum atomic E-state index is 14.0. The van der Waals surface area contributed by atoms with Crippen molar-refractivity contribution in [3.63, 3.8) is 0 Å². The molecule has 4 aromatic rings. The lowest BCUT2D eigenvalue weighted by molar-refractivity contribution is -0.143. The average Bonchev–Trinajstić information content (AvgIpc) is 3.48. The maximum absolute atomic E-state index is 14.0. The summed E-state index contributed by atoms with van der Waals surface area (Å²) in [7, 11) is 1.39. The number of anilines is 1. The predicted octanol–water partition coefficient (Wildman–Crippen LogP) is 9.12. The normalized spacial score (nSPS) is 15.7. The lowest BCUT2D eigenvalue weighted by Gasteiger charge is -2.38. The number of halogens is 10. The lowest BCUT2D eigenvalue weighted by Crippen LogP contribution is -2.40. The molecular weight excluding hydrogens is 703 g/mol. The Morgan fingerprint density at radius 2 is 1.46 bits per heavy atom. The summed E-state index contributed by atoms with van der Waals surface area (Å²) in [5, 5.41) is 12.1. The summed E-state index contributed by atoms with van der Waals surface area (Å²) >= 11 is 6.25. The molecule has 1 atom stereocenters. The molecule has 1 aliphatic rings. The summed E-state index contributed by atoms with van der Waals surface area (Å²) in [6.07, 6.45) is -13.4. The summed E-state index contributed by atoms with van der Waals surface area (Å²) in [5.74, 6) is 0.345. The number of benzene rings is 3. The lowest BCUT2D eigenvalue weighted by atomic mass is 9.92. The van der Waals surface area contributed by atoms with E-state index in [2.05, 4.69) is 20.3 Å². The van der Waals surface area contributed by atoms with Gasteiger partial charge in [-0.15, -0.1) is 5.10 Å². The van der Waals surface area contributed by atoms with Gasteiger partial charge in [-0.3, -0.25) is 4.90 Å². The van der Waals surface area contributed by atoms with E-state index < -0.39 is 47.3 Å². The summed E-state index contributed by atoms with van der Waals surface area (Å²) in [5.41, 5.74) is -3.76. The van der Waals surface area contributed by atoms with E-state index in [0.717, 1.165) is 16.9 Å². The van der Waals surface area contributed by atoms with Crippen LogP contribution in [0.5, 0.6) is 5.75 Å². The predicted molar refractivity (Wildman–Crippen MR) is 166 cm³/mol. The van der Waals surface area contributed by atoms with Crippen LogP contribution in [0.3, 0.4) is 0 Å². The molecule has 3 aromatic carbocycles. The molecule has 7 nitrogen and oxygen atoms in total. The van der Waals surface area contributed by atoms with E-state index in [1.165, 1.54) is 18.0 Å². The van der Waals surface area contributed by atoms with Gasteiger partial charge in [0.1, 0.15) is 11.9 Å². The molecule has 1 fully saturated rings. The Morgan fingerprint density at radius 1 is 0.840 bits per heavy atom. The third-order valence-corrected chi connectivity index (χ3v) is 8.74. The number of hydrogen-bond donors (Lipinski definition) is 0. The number of alkyl halides is 9. The van der Waals surface area contributed by atoms with Gasteiger partial charge < -0.3 is 9.64 Å². The molecule has 1 unspecified atom stereocenters. The number of rotatable bonds is 10. The highest BCUT2D eigenvalue weighted by molar-refractivity contribution is 6.32. The van der Waals surface area contributed by atoms with Crippen LogP contribution < -0.4 is 9.64 Å². The zero-order chi connectivity index (χ0) is 36.4. The fourth-order valence-corrected chi connectivity index (χ4v) is 6.26. The van der Waals surface area contributed by atoms with Gasteiger partial charge in [0.2, 0.25) is 0 Å². The maximum Gasteiger partial charge on any atom is 0.416 e. The van der Waals surface area contributed by atoms with Crippen molar-refractivity contribution >= 4 is 17.5 Å². The van der Waals surface area contributed by atoms with E-state index in [1.807, 2.05) is 6.92 Å². The van der Waals surface area contributed by atoms with Gasteiger partial charge in [-0.2, -0.15) is 44.3 Å². The van der Waals surface area contributed by atoms with Gasteiger partial charge in [0.25, 0.3) is 5.95 Å². The highest BCUT2D eigenvalue weighted by Gasteiger charge is 2.38. The van der Waals surface area contributed by atoms with Crippen molar-refractivity contribution in [1.82, 2.24) is 25.1 Å². The first-order chi connectivity index (χ1) is 23.4. The Bertz CT molecular complexity index is 1740. The van der Waals surface area contributed by atoms with Crippen molar-refractivity contribution in [3.8, 4) is 5.75 Å². The topological polar surface area (TPSA) is 59.3 Å². The second-order valence-electron chi connectivity index (χ2n) is 12.0. The number of para-hydroxylation sites is 1. The third kappa shape index (κ3) is 8.99. The Kier molecular flexibility index (Phi) is 10.9. The first-order valence-electron chi connectivity index (χ1n) is 15.5. The van der Waals surface area contributed by atoms with Gasteiger partial charge in [0, 0.05) is 32.2 Å². The average molecular weight is 735 g/mol. The number of aryl methyl sites for hydroxylation is 1. The zero-order valence-electron chi connectivity index (χ0n) is 26.7. The number of ether oxygens (including phenoxy) is 1. The molecule has 0 radical (unpaired) electrons. The number of aromatic nitrogens is 4. The van der Waals surface area contributed by atoms with E-state index in [-0.39, 0.29) is 36.3 Å². The molecule has 50 heavy (non-hydrogen) atoms. The van der Waals surface area contributed by atoms with Crippen LogP contribution in [0.2, 0.25) is 5.02 Å². The summed E-state index contributed by atoms with van der Waals surface area (Å²) < 4.78 is 130. The molecule has 0 amide bonds. The van der Waals surface area contributed by atoms with E-state index in [0.29, 0.717) is 60.8 Å². The van der Waals surface area contributed by atoms with Gasteiger partial charge in [-0.25, -0.2) is 0 Å². The van der Waals surface area contributed by atoms with Gasteiger partial charge in [-0.05, 0) is 83.6 Å². The second-order valence-corrected chi connectivity index (χ2v) is 12.4. The zero-order valence-corrected chi connectivity index (χ0v) is 27.5. The minimum atomic E-state index is -5.10. The van der Waals surface area contributed by atoms with Crippen LogP contribution in [0.15, 0.2) is 60.7 Å². The second kappa shape index (κ2) is 14.7. The molecule has 2 heterocycles. The number of nitrogens with zero attached hydrogens (tertiary/aromatic N) is 6. The van der Waals surface area contributed by atoms with Crippen molar-refractivity contribution in [2.24, 2.45) is 7.05 Å². The van der Waals surface area contributed by atoms with Crippen LogP contribution in [0.4, 0.5) is 45.5 Å². The van der Waals surface area contributed by atoms with Gasteiger partial charge in [0.05, 0.1) is 28.8 Å². The minimum absolute atomic E-state index is 0.00777. The summed E-state index contributed by atoms with van der Waals surface area (Å²) in [6.45, 7) is 1.96. The standard InChI is InChI=1S/C33H32ClF9N6O/c1-3-28(48-12-10-25(11-13-48)50-29-7-5-4-6-27(29)34)26-9-8-22(31(35,36)37)16-21(26)19-49(30-44-46-47(2)45-30)18-20-14-23(32(38,39)40)17-24(15-20)33(41,42)43/h4-9,14-17,25,28H,3,10-13,18-19H2,1-2H3. The van der Waals surface area contributed by atoms with Crippen LogP contribution in [-0.4, -0.2) is 44.3 Å². The van der Waals surface area contributed by atoms with Crippen LogP contribution in [0.25, 0.3) is 0 Å². The van der Waals surface area contributed by atoms with Crippen molar-refractivity contribution in [1.29, 1.82) is 0 Å². The van der Waals surface area contributed by atoms with E-state index in [1.54, 1.807) is 24.3 Å². The van der Waals surface area contributed by atoms with Gasteiger partial charge in [0.15, 0.2) is 0 Å². The van der Waals surface area contributed by atoms with Crippen molar-refractivity contribution in [2.45, 2.75) is 70.0 Å². The third-order valence-electron chi connectivity index (χ3n) is 8.43. The molecule has 0 aliphatic carbocycles. The summed E-state index contributed by atoms with van der Waals surface area (Å²) in [6, 6.07) is 11.1. The number of tetrazole rings is 1. The highest BCUT2D eigenvalue weighted by atomic mass is 35.5. The minimum Gasteiger partial charge on any atom is -0.489 e. The molecule has 5 rings (SSSR count). The fourth-order valence-electron chi connectivity index (χ4n) is 6.08. The first-order valence-corrected chi connectivity index (χ1v) is 15.9. The molecule has 1 aliphatic heterocycles. The van der Waals surface area contributed by atoms with E-state index >= 15 is 0 Å². The molecule has 0 N–H and O–H groups in total. The van der Waals surface area contributed by atoms with Crippen LogP contribution in [-0.2, 0) is 38.7 Å². The van der Waals surface area contributed by atoms with Gasteiger partial charge >= 0.3 is 18.5 Å². The Morgan fingerprint density at radius 3 is 2.00 bits per heavy atom. The monoisotopic (exact) mass is 734 g/mol. The van der Waals surface area contributed by atoms with Gasteiger partial charge in [-0.1, -0.05) is 41.8 Å². The molecule has 0 saturated carbocycles. The fraction of sp³-hybridized carbons (Fsp3) is 0.424. The molecular formula is C33H32ClF9N6O. The molecule has 1 aromatic heterocycles. The smallest absolute Gasteiger partial charge is 0.416 e. The molecule has 0 bridgehead atoms. The number of likely N-dealkylation sites (tertiary alicyclic amines) is 1. The van der Waals surface area contributed by atoms with E-state index in [4.69, 9.17) is 16.3 Å². The Hall–Kier alpha value is -4.05. The van der Waals surface area contributed by atoms with Crippen LogP contribution in [0, 0.1) is 0 Å². The van der Waals surface area contributed by atoms with Crippen LogP contribution in [0.1, 0.15) is 65.6 Å². The number of hydrogen-bond acceptors (Lipinski definition) is 6. The van der Waals surface area contributed by atoms with Crippen molar-refractivity contribution < 1.29 is 44.3 Å². The SMILES string of the molecule is CCC(c1ccc(C(F)(F)F)cc1CN(Cc1cc(C(F)(F)F)cc(C(F)(F)F)c1)c1nnn(C)n1)N1CCC(Oc2ccccc2Cl)CC1. The highest BCUT2D eigenvalue weighted by Crippen LogP contribution is 2.39. The Balaban J connectivity index is 1.49. The van der Waals surface area contributed by atoms with Crippen molar-refractivity contribution in [3.05, 3.63) is 99.1 Å². The first kappa shape index (κ1) is 37.2. The number of piperidine rings is 1.